The van der Waals surface area contributed by atoms with Gasteiger partial charge in [0.2, 0.25) is 5.43 Å². The van der Waals surface area contributed by atoms with Crippen molar-refractivity contribution in [2.45, 2.75) is 20.3 Å². The van der Waals surface area contributed by atoms with Gasteiger partial charge in [0.15, 0.2) is 0 Å². The first-order chi connectivity index (χ1) is 14.0. The van der Waals surface area contributed by atoms with Gasteiger partial charge in [-0.25, -0.2) is 4.68 Å². The third kappa shape index (κ3) is 2.68. The molecule has 1 amide bonds. The number of hydrogen-bond donors (Lipinski definition) is 1. The van der Waals surface area contributed by atoms with E-state index in [9.17, 15) is 9.59 Å². The number of carbonyl (C=O) groups excluding carboxylic acids is 1. The number of aromatic nitrogens is 3. The minimum absolute atomic E-state index is 0.140. The third-order valence-electron chi connectivity index (χ3n) is 5.53. The van der Waals surface area contributed by atoms with Crippen molar-refractivity contribution in [2.75, 3.05) is 11.4 Å². The maximum Gasteiger partial charge on any atom is 0.263 e. The number of amides is 1. The Morgan fingerprint density at radius 3 is 2.62 bits per heavy atom. The summed E-state index contributed by atoms with van der Waals surface area (Å²) in [5.41, 5.74) is 5.05. The summed E-state index contributed by atoms with van der Waals surface area (Å²) in [6.07, 6.45) is 2.31. The Kier molecular flexibility index (Phi) is 3.87. The topological polar surface area (TPSA) is 71.0 Å². The molecule has 0 unspecified atom stereocenters. The van der Waals surface area contributed by atoms with Crippen LogP contribution >= 0.6 is 0 Å². The van der Waals surface area contributed by atoms with Crippen LogP contribution in [0.2, 0.25) is 0 Å². The van der Waals surface area contributed by atoms with Crippen LogP contribution in [-0.2, 0) is 6.42 Å². The molecule has 144 valence electrons. The second kappa shape index (κ2) is 6.44. The highest BCUT2D eigenvalue weighted by atomic mass is 16.2. The Balaban J connectivity index is 1.62. The van der Waals surface area contributed by atoms with E-state index < -0.39 is 0 Å². The lowest BCUT2D eigenvalue weighted by atomic mass is 10.1. The minimum Gasteiger partial charge on any atom is -0.345 e. The summed E-state index contributed by atoms with van der Waals surface area (Å²) in [7, 11) is 0. The van der Waals surface area contributed by atoms with Crippen LogP contribution < -0.4 is 10.3 Å². The molecule has 0 bridgehead atoms. The van der Waals surface area contributed by atoms with Crippen molar-refractivity contribution in [1.29, 1.82) is 0 Å². The molecule has 29 heavy (non-hydrogen) atoms. The summed E-state index contributed by atoms with van der Waals surface area (Å²) >= 11 is 0. The van der Waals surface area contributed by atoms with Crippen LogP contribution in [0.5, 0.6) is 0 Å². The Hall–Kier alpha value is -3.67. The zero-order chi connectivity index (χ0) is 20.1. The number of aromatic amines is 1. The largest absolute Gasteiger partial charge is 0.345 e. The number of hydrogen-bond acceptors (Lipinski definition) is 3. The summed E-state index contributed by atoms with van der Waals surface area (Å²) in [5.74, 6) is -0.277. The molecule has 6 heteroatoms. The molecule has 6 nitrogen and oxygen atoms in total. The number of H-pyrrole nitrogens is 1. The van der Waals surface area contributed by atoms with Gasteiger partial charge in [-0.15, -0.1) is 0 Å². The van der Waals surface area contributed by atoms with E-state index in [4.69, 9.17) is 0 Å². The van der Waals surface area contributed by atoms with Crippen LogP contribution in [0.1, 0.15) is 27.2 Å². The Morgan fingerprint density at radius 2 is 1.83 bits per heavy atom. The highest BCUT2D eigenvalue weighted by molar-refractivity contribution is 6.08. The number of benzene rings is 2. The fraction of sp³-hybridized carbons (Fsp3) is 0.174. The fourth-order valence-corrected chi connectivity index (χ4v) is 4.00. The van der Waals surface area contributed by atoms with Crippen LogP contribution in [0.15, 0.2) is 59.5 Å². The number of anilines is 1. The summed E-state index contributed by atoms with van der Waals surface area (Å²) < 4.78 is 1.71. The SMILES string of the molecule is Cc1ccc(-n2nc(C)c3c(=O)c(C(=O)N4CCc5ccccc54)c[nH]c32)cc1. The molecule has 1 N–H and O–H groups in total. The predicted molar refractivity (Wildman–Crippen MR) is 113 cm³/mol. The van der Waals surface area contributed by atoms with E-state index in [-0.39, 0.29) is 16.9 Å². The molecule has 0 atom stereocenters. The number of nitrogens with zero attached hydrogens (tertiary/aromatic N) is 3. The van der Waals surface area contributed by atoms with E-state index in [0.717, 1.165) is 28.9 Å². The van der Waals surface area contributed by atoms with E-state index in [1.165, 1.54) is 6.20 Å². The molecule has 4 aromatic rings. The average molecular weight is 384 g/mol. The van der Waals surface area contributed by atoms with E-state index in [1.807, 2.05) is 55.5 Å². The summed E-state index contributed by atoms with van der Waals surface area (Å²) in [6, 6.07) is 15.7. The molecule has 0 saturated carbocycles. The van der Waals surface area contributed by atoms with Crippen LogP contribution in [0.25, 0.3) is 16.7 Å². The monoisotopic (exact) mass is 384 g/mol. The summed E-state index contributed by atoms with van der Waals surface area (Å²) in [5, 5.41) is 4.99. The zero-order valence-electron chi connectivity index (χ0n) is 16.3. The molecule has 1 aliphatic heterocycles. The number of fused-ring (bicyclic) bond motifs is 2. The number of rotatable bonds is 2. The molecule has 0 spiro atoms. The molecule has 0 radical (unpaired) electrons. The van der Waals surface area contributed by atoms with Gasteiger partial charge in [-0.3, -0.25) is 9.59 Å². The Labute approximate surface area is 167 Å². The quantitative estimate of drug-likeness (QED) is 0.575. The van der Waals surface area contributed by atoms with E-state index in [1.54, 1.807) is 16.5 Å². The average Bonchev–Trinajstić information content (AvgIpc) is 3.30. The number of nitrogens with one attached hydrogen (secondary N) is 1. The summed E-state index contributed by atoms with van der Waals surface area (Å²) in [6.45, 7) is 4.39. The van der Waals surface area contributed by atoms with Gasteiger partial charge in [0, 0.05) is 18.4 Å². The second-order valence-corrected chi connectivity index (χ2v) is 7.42. The van der Waals surface area contributed by atoms with Crippen molar-refractivity contribution >= 4 is 22.6 Å². The second-order valence-electron chi connectivity index (χ2n) is 7.42. The predicted octanol–water partition coefficient (Wildman–Crippen LogP) is 3.53. The van der Waals surface area contributed by atoms with Crippen molar-refractivity contribution < 1.29 is 4.79 Å². The van der Waals surface area contributed by atoms with Gasteiger partial charge in [-0.1, -0.05) is 35.9 Å². The van der Waals surface area contributed by atoms with E-state index in [0.29, 0.717) is 23.3 Å². The van der Waals surface area contributed by atoms with Crippen molar-refractivity contribution in [3.8, 4) is 5.69 Å². The van der Waals surface area contributed by atoms with Gasteiger partial charge in [0.25, 0.3) is 5.91 Å². The number of para-hydroxylation sites is 1. The first kappa shape index (κ1) is 17.4. The van der Waals surface area contributed by atoms with Gasteiger partial charge in [0.05, 0.1) is 16.8 Å². The Bertz CT molecular complexity index is 1320. The standard InChI is InChI=1S/C23H20N4O2/c1-14-7-9-17(10-8-14)27-22-20(15(2)25-27)21(28)18(13-24-22)23(29)26-12-11-16-5-3-4-6-19(16)26/h3-10,13H,11-12H2,1-2H3,(H,24,28). The summed E-state index contributed by atoms with van der Waals surface area (Å²) in [4.78, 5) is 31.2. The number of pyridine rings is 1. The molecule has 2 aromatic heterocycles. The molecule has 0 saturated heterocycles. The van der Waals surface area contributed by atoms with Gasteiger partial charge in [-0.05, 0) is 44.0 Å². The third-order valence-corrected chi connectivity index (χ3v) is 5.53. The molecule has 3 heterocycles. The normalized spacial score (nSPS) is 13.1. The zero-order valence-corrected chi connectivity index (χ0v) is 16.3. The van der Waals surface area contributed by atoms with Crippen molar-refractivity contribution in [3.63, 3.8) is 0 Å². The molecular formula is C23H20N4O2. The first-order valence-electron chi connectivity index (χ1n) is 9.62. The lowest BCUT2D eigenvalue weighted by molar-refractivity contribution is 0.0988. The van der Waals surface area contributed by atoms with E-state index in [2.05, 4.69) is 10.1 Å². The molecule has 0 aliphatic carbocycles. The highest BCUT2D eigenvalue weighted by Gasteiger charge is 2.28. The molecular weight excluding hydrogens is 364 g/mol. The molecule has 1 aliphatic rings. The lowest BCUT2D eigenvalue weighted by Gasteiger charge is -2.17. The molecule has 2 aromatic carbocycles. The van der Waals surface area contributed by atoms with Gasteiger partial charge >= 0.3 is 0 Å². The number of carbonyl (C=O) groups is 1. The number of aryl methyl sites for hydroxylation is 2. The van der Waals surface area contributed by atoms with Crippen LogP contribution in [-0.4, -0.2) is 27.2 Å². The van der Waals surface area contributed by atoms with Crippen molar-refractivity contribution in [3.05, 3.63) is 87.3 Å². The maximum absolute atomic E-state index is 13.2. The van der Waals surface area contributed by atoms with Gasteiger partial charge in [-0.2, -0.15) is 5.10 Å². The van der Waals surface area contributed by atoms with Crippen LogP contribution in [0, 0.1) is 13.8 Å². The fourth-order valence-electron chi connectivity index (χ4n) is 4.00. The maximum atomic E-state index is 13.2. The lowest BCUT2D eigenvalue weighted by Crippen LogP contribution is -2.33. The van der Waals surface area contributed by atoms with Crippen molar-refractivity contribution in [2.24, 2.45) is 0 Å². The molecule has 5 rings (SSSR count). The highest BCUT2D eigenvalue weighted by Crippen LogP contribution is 2.28. The first-order valence-corrected chi connectivity index (χ1v) is 9.62. The smallest absolute Gasteiger partial charge is 0.263 e. The van der Waals surface area contributed by atoms with Gasteiger partial charge < -0.3 is 9.88 Å². The van der Waals surface area contributed by atoms with Crippen LogP contribution in [0.3, 0.4) is 0 Å². The Morgan fingerprint density at radius 1 is 1.07 bits per heavy atom. The minimum atomic E-state index is -0.288. The van der Waals surface area contributed by atoms with Crippen LogP contribution in [0.4, 0.5) is 5.69 Å². The van der Waals surface area contributed by atoms with Gasteiger partial charge in [0.1, 0.15) is 11.2 Å². The molecule has 0 fully saturated rings. The van der Waals surface area contributed by atoms with E-state index >= 15 is 0 Å². The van der Waals surface area contributed by atoms with Crippen molar-refractivity contribution in [1.82, 2.24) is 14.8 Å².